The van der Waals surface area contributed by atoms with E-state index in [9.17, 15) is 9.59 Å². The predicted octanol–water partition coefficient (Wildman–Crippen LogP) is 0.589. The molecular weight excluding hydrogens is 232 g/mol. The number of ether oxygens (including phenoxy) is 1. The average molecular weight is 248 g/mol. The summed E-state index contributed by atoms with van der Waals surface area (Å²) in [5.41, 5.74) is 0.649. The minimum Gasteiger partial charge on any atom is -0.489 e. The summed E-state index contributed by atoms with van der Waals surface area (Å²) < 4.78 is 5.60. The van der Waals surface area contributed by atoms with E-state index in [4.69, 9.17) is 4.74 Å². The molecule has 18 heavy (non-hydrogen) atoms. The summed E-state index contributed by atoms with van der Waals surface area (Å²) >= 11 is 0. The first kappa shape index (κ1) is 12.6. The zero-order chi connectivity index (χ0) is 13.1. The van der Waals surface area contributed by atoms with Crippen molar-refractivity contribution in [1.29, 1.82) is 0 Å². The van der Waals surface area contributed by atoms with E-state index in [2.05, 4.69) is 5.32 Å². The number of para-hydroxylation sites is 2. The van der Waals surface area contributed by atoms with Crippen LogP contribution in [-0.2, 0) is 9.59 Å². The van der Waals surface area contributed by atoms with Gasteiger partial charge in [0.15, 0.2) is 0 Å². The number of carbonyl (C=O) groups excluding carboxylic acids is 2. The standard InChI is InChI=1S/C13H16N2O3/c1-9(16)7-15-11-5-3-4-6-12(11)18-8-10(14-2)13(15)17/h3-6,10,14H,7-8H2,1-2H3/t10-/m0/s1. The Balaban J connectivity index is 2.41. The minimum atomic E-state index is -0.434. The molecule has 0 saturated heterocycles. The molecule has 0 aromatic heterocycles. The second-order valence-corrected chi connectivity index (χ2v) is 4.25. The lowest BCUT2D eigenvalue weighted by molar-refractivity contribution is -0.123. The number of hydrogen-bond donors (Lipinski definition) is 1. The lowest BCUT2D eigenvalue weighted by Gasteiger charge is -2.22. The maximum Gasteiger partial charge on any atom is 0.248 e. The summed E-state index contributed by atoms with van der Waals surface area (Å²) in [6.45, 7) is 1.80. The van der Waals surface area contributed by atoms with Gasteiger partial charge >= 0.3 is 0 Å². The van der Waals surface area contributed by atoms with Gasteiger partial charge < -0.3 is 15.0 Å². The van der Waals surface area contributed by atoms with Gasteiger partial charge in [-0.2, -0.15) is 0 Å². The Hall–Kier alpha value is -1.88. The van der Waals surface area contributed by atoms with Gasteiger partial charge in [0.1, 0.15) is 24.2 Å². The van der Waals surface area contributed by atoms with E-state index in [1.807, 2.05) is 12.1 Å². The Kier molecular flexibility index (Phi) is 3.62. The fraction of sp³-hybridized carbons (Fsp3) is 0.385. The third kappa shape index (κ3) is 2.36. The first-order chi connectivity index (χ1) is 8.63. The van der Waals surface area contributed by atoms with E-state index in [-0.39, 0.29) is 24.8 Å². The molecule has 0 aliphatic carbocycles. The highest BCUT2D eigenvalue weighted by atomic mass is 16.5. The number of carbonyl (C=O) groups is 2. The van der Waals surface area contributed by atoms with Crippen LogP contribution in [0.2, 0.25) is 0 Å². The van der Waals surface area contributed by atoms with Crippen molar-refractivity contribution < 1.29 is 14.3 Å². The van der Waals surface area contributed by atoms with Gasteiger partial charge in [-0.3, -0.25) is 9.59 Å². The molecule has 96 valence electrons. The van der Waals surface area contributed by atoms with Gasteiger partial charge in [-0.05, 0) is 26.1 Å². The topological polar surface area (TPSA) is 58.6 Å². The van der Waals surface area contributed by atoms with Crippen LogP contribution in [0.15, 0.2) is 24.3 Å². The van der Waals surface area contributed by atoms with Crippen LogP contribution in [0.3, 0.4) is 0 Å². The van der Waals surface area contributed by atoms with Crippen molar-refractivity contribution in [3.63, 3.8) is 0 Å². The first-order valence-electron chi connectivity index (χ1n) is 5.83. The van der Waals surface area contributed by atoms with Gasteiger partial charge in [0.25, 0.3) is 0 Å². The quantitative estimate of drug-likeness (QED) is 0.850. The van der Waals surface area contributed by atoms with Crippen LogP contribution in [0, 0.1) is 0 Å². The number of fused-ring (bicyclic) bond motifs is 1. The van der Waals surface area contributed by atoms with Gasteiger partial charge in [-0.15, -0.1) is 0 Å². The number of nitrogens with zero attached hydrogens (tertiary/aromatic N) is 1. The minimum absolute atomic E-state index is 0.0603. The highest BCUT2D eigenvalue weighted by molar-refractivity contribution is 6.03. The number of nitrogens with one attached hydrogen (secondary N) is 1. The van der Waals surface area contributed by atoms with Crippen LogP contribution < -0.4 is 15.0 Å². The van der Waals surface area contributed by atoms with Crippen molar-refractivity contribution in [2.24, 2.45) is 0 Å². The molecular formula is C13H16N2O3. The Morgan fingerprint density at radius 2 is 2.22 bits per heavy atom. The monoisotopic (exact) mass is 248 g/mol. The predicted molar refractivity (Wildman–Crippen MR) is 67.8 cm³/mol. The number of hydrogen-bond acceptors (Lipinski definition) is 4. The molecule has 5 nitrogen and oxygen atoms in total. The van der Waals surface area contributed by atoms with Gasteiger partial charge in [0, 0.05) is 0 Å². The van der Waals surface area contributed by atoms with E-state index < -0.39 is 6.04 Å². The third-order valence-corrected chi connectivity index (χ3v) is 2.85. The number of ketones is 1. The number of Topliss-reactive ketones (excluding diaryl/α,β-unsaturated/α-hetero) is 1. The second kappa shape index (κ2) is 5.18. The molecule has 0 radical (unpaired) electrons. The van der Waals surface area contributed by atoms with Crippen LogP contribution in [-0.4, -0.2) is 37.9 Å². The largest absolute Gasteiger partial charge is 0.489 e. The second-order valence-electron chi connectivity index (χ2n) is 4.25. The molecule has 1 aliphatic rings. The maximum atomic E-state index is 12.3. The fourth-order valence-electron chi connectivity index (χ4n) is 1.95. The SMILES string of the molecule is CN[C@H]1COc2ccccc2N(CC(C)=O)C1=O. The highest BCUT2D eigenvalue weighted by Gasteiger charge is 2.30. The fourth-order valence-corrected chi connectivity index (χ4v) is 1.95. The van der Waals surface area contributed by atoms with Gasteiger partial charge in [0.2, 0.25) is 5.91 Å². The normalized spacial score (nSPS) is 18.9. The van der Waals surface area contributed by atoms with Crippen molar-refractivity contribution in [2.75, 3.05) is 25.1 Å². The molecule has 2 rings (SSSR count). The lowest BCUT2D eigenvalue weighted by Crippen LogP contribution is -2.48. The third-order valence-electron chi connectivity index (χ3n) is 2.85. The Bertz CT molecular complexity index is 473. The van der Waals surface area contributed by atoms with Crippen molar-refractivity contribution in [3.8, 4) is 5.75 Å². The number of rotatable bonds is 3. The van der Waals surface area contributed by atoms with Crippen LogP contribution in [0.25, 0.3) is 0 Å². The van der Waals surface area contributed by atoms with Crippen LogP contribution in [0.1, 0.15) is 6.92 Å². The maximum absolute atomic E-state index is 12.3. The number of likely N-dealkylation sites (N-methyl/N-ethyl adjacent to an activating group) is 1. The summed E-state index contributed by atoms with van der Waals surface area (Å²) in [5.74, 6) is 0.428. The molecule has 0 unspecified atom stereocenters. The lowest BCUT2D eigenvalue weighted by atomic mass is 10.2. The smallest absolute Gasteiger partial charge is 0.248 e. The molecule has 0 spiro atoms. The van der Waals surface area contributed by atoms with Gasteiger partial charge in [0.05, 0.1) is 12.2 Å². The van der Waals surface area contributed by atoms with E-state index in [1.54, 1.807) is 19.2 Å². The zero-order valence-corrected chi connectivity index (χ0v) is 10.5. The first-order valence-corrected chi connectivity index (χ1v) is 5.83. The Labute approximate surface area is 106 Å². The Morgan fingerprint density at radius 3 is 2.89 bits per heavy atom. The van der Waals surface area contributed by atoms with Crippen LogP contribution in [0.4, 0.5) is 5.69 Å². The summed E-state index contributed by atoms with van der Waals surface area (Å²) in [4.78, 5) is 25.1. The van der Waals surface area contributed by atoms with Crippen LogP contribution >= 0.6 is 0 Å². The molecule has 1 aromatic carbocycles. The van der Waals surface area contributed by atoms with E-state index in [1.165, 1.54) is 11.8 Å². The average Bonchev–Trinajstić information content (AvgIpc) is 2.48. The van der Waals surface area contributed by atoms with Crippen molar-refractivity contribution in [1.82, 2.24) is 5.32 Å². The van der Waals surface area contributed by atoms with Crippen molar-refractivity contribution in [3.05, 3.63) is 24.3 Å². The van der Waals surface area contributed by atoms with Crippen LogP contribution in [0.5, 0.6) is 5.75 Å². The Morgan fingerprint density at radius 1 is 1.50 bits per heavy atom. The summed E-state index contributed by atoms with van der Waals surface area (Å²) in [5, 5.41) is 2.90. The van der Waals surface area contributed by atoms with Crippen molar-refractivity contribution in [2.45, 2.75) is 13.0 Å². The molecule has 1 N–H and O–H groups in total. The molecule has 0 fully saturated rings. The molecule has 0 saturated carbocycles. The molecule has 1 amide bonds. The number of anilines is 1. The van der Waals surface area contributed by atoms with Gasteiger partial charge in [-0.1, -0.05) is 12.1 Å². The van der Waals surface area contributed by atoms with E-state index >= 15 is 0 Å². The summed E-state index contributed by atoms with van der Waals surface area (Å²) in [6, 6.07) is 6.82. The molecule has 1 aromatic rings. The van der Waals surface area contributed by atoms with E-state index in [0.29, 0.717) is 11.4 Å². The molecule has 1 aliphatic heterocycles. The summed E-state index contributed by atoms with van der Waals surface area (Å²) in [6.07, 6.45) is 0. The number of amides is 1. The molecule has 5 heteroatoms. The molecule has 0 bridgehead atoms. The summed E-state index contributed by atoms with van der Waals surface area (Å²) in [7, 11) is 1.70. The highest BCUT2D eigenvalue weighted by Crippen LogP contribution is 2.30. The van der Waals surface area contributed by atoms with Gasteiger partial charge in [-0.25, -0.2) is 0 Å². The number of benzene rings is 1. The molecule has 1 heterocycles. The van der Waals surface area contributed by atoms with Crippen molar-refractivity contribution >= 4 is 17.4 Å². The van der Waals surface area contributed by atoms with E-state index in [0.717, 1.165) is 0 Å². The zero-order valence-electron chi connectivity index (χ0n) is 10.5. The molecule has 1 atom stereocenters.